The Morgan fingerprint density at radius 1 is 1.65 bits per heavy atom. The molecule has 98 valence electrons. The summed E-state index contributed by atoms with van der Waals surface area (Å²) in [5.74, 6) is -0.169. The van der Waals surface area contributed by atoms with Gasteiger partial charge in [-0.1, -0.05) is 26.0 Å². The zero-order valence-corrected chi connectivity index (χ0v) is 10.9. The molecule has 0 radical (unpaired) electrons. The van der Waals surface area contributed by atoms with Crippen LogP contribution < -0.4 is 5.32 Å². The highest BCUT2D eigenvalue weighted by molar-refractivity contribution is 5.88. The molecule has 2 atom stereocenters. The summed E-state index contributed by atoms with van der Waals surface area (Å²) >= 11 is 0. The minimum atomic E-state index is -0.169. The first-order valence-electron chi connectivity index (χ1n) is 5.98. The molecular formula is C13H23NO3. The van der Waals surface area contributed by atoms with Crippen molar-refractivity contribution >= 4 is 5.97 Å². The van der Waals surface area contributed by atoms with Gasteiger partial charge in [-0.3, -0.25) is 0 Å². The Balaban J connectivity index is 0.000000368. The molecule has 4 nitrogen and oxygen atoms in total. The van der Waals surface area contributed by atoms with Gasteiger partial charge in [0, 0.05) is 17.7 Å². The molecule has 1 unspecified atom stereocenters. The van der Waals surface area contributed by atoms with Gasteiger partial charge in [-0.2, -0.15) is 0 Å². The van der Waals surface area contributed by atoms with Crippen molar-refractivity contribution in [2.45, 2.75) is 38.8 Å². The number of aliphatic hydroxyl groups is 1. The van der Waals surface area contributed by atoms with Crippen LogP contribution >= 0.6 is 0 Å². The van der Waals surface area contributed by atoms with Crippen LogP contribution in [0.1, 0.15) is 26.7 Å². The summed E-state index contributed by atoms with van der Waals surface area (Å²) in [6.07, 6.45) is 5.24. The van der Waals surface area contributed by atoms with Gasteiger partial charge >= 0.3 is 5.97 Å². The second kappa shape index (κ2) is 8.96. The highest BCUT2D eigenvalue weighted by Crippen LogP contribution is 2.28. The number of ether oxygens (including phenoxy) is 1. The average molecular weight is 241 g/mol. The fourth-order valence-corrected chi connectivity index (χ4v) is 1.54. The molecule has 1 aliphatic carbocycles. The molecule has 0 saturated carbocycles. The van der Waals surface area contributed by atoms with Crippen LogP contribution in [0.5, 0.6) is 0 Å². The number of hydrogen-bond donors (Lipinski definition) is 2. The molecule has 2 rings (SSSR count). The van der Waals surface area contributed by atoms with Crippen LogP contribution in [-0.4, -0.2) is 36.9 Å². The Morgan fingerprint density at radius 2 is 2.24 bits per heavy atom. The molecule has 0 spiro atoms. The molecule has 1 fully saturated rings. The summed E-state index contributed by atoms with van der Waals surface area (Å²) in [4.78, 5) is 11.0. The molecule has 1 aliphatic heterocycles. The molecule has 1 heterocycles. The average Bonchev–Trinajstić information content (AvgIpc) is 3.18. The summed E-state index contributed by atoms with van der Waals surface area (Å²) in [7, 11) is 1.43. The third-order valence-electron chi connectivity index (χ3n) is 2.44. The summed E-state index contributed by atoms with van der Waals surface area (Å²) in [5.41, 5.74) is 0.832. The lowest BCUT2D eigenvalue weighted by Crippen LogP contribution is -2.11. The lowest BCUT2D eigenvalue weighted by Gasteiger charge is -2.07. The lowest BCUT2D eigenvalue weighted by molar-refractivity contribution is -0.136. The van der Waals surface area contributed by atoms with E-state index >= 15 is 0 Å². The minimum absolute atomic E-state index is 0.0833. The summed E-state index contributed by atoms with van der Waals surface area (Å²) in [6, 6.07) is 1.19. The van der Waals surface area contributed by atoms with Crippen molar-refractivity contribution in [2.24, 2.45) is 0 Å². The normalized spacial score (nSPS) is 23.6. The van der Waals surface area contributed by atoms with Gasteiger partial charge in [-0.05, 0) is 12.8 Å². The van der Waals surface area contributed by atoms with Gasteiger partial charge in [0.15, 0.2) is 0 Å². The fraction of sp³-hybridized carbons (Fsp3) is 0.615. The van der Waals surface area contributed by atoms with Gasteiger partial charge in [-0.25, -0.2) is 4.79 Å². The number of carbonyl (C=O) groups is 1. The molecule has 0 aromatic carbocycles. The standard InChI is InChI=1S/C8H11NO2.C3H6O.C2H6/c1-11-8(10)5-2-3-6-7(4-5)9-6;1-2-3-4;1-2/h2,6-7,9H,3-4H2,1H3;2,4H,1,3H2;1-2H3/t6-,7?;;/m0../s1. The van der Waals surface area contributed by atoms with E-state index in [1.54, 1.807) is 0 Å². The van der Waals surface area contributed by atoms with Gasteiger partial charge in [-0.15, -0.1) is 6.58 Å². The van der Waals surface area contributed by atoms with Crippen molar-refractivity contribution < 1.29 is 14.6 Å². The predicted octanol–water partition coefficient (Wildman–Crippen LogP) is 1.41. The molecule has 17 heavy (non-hydrogen) atoms. The smallest absolute Gasteiger partial charge is 0.333 e. The van der Waals surface area contributed by atoms with Crippen molar-refractivity contribution in [2.75, 3.05) is 13.7 Å². The lowest BCUT2D eigenvalue weighted by atomic mass is 10.00. The SMILES string of the molecule is C=CCO.CC.COC(=O)C1=CC[C@@H]2NC2C1. The number of nitrogens with one attached hydrogen (secondary N) is 1. The number of hydrogen-bond acceptors (Lipinski definition) is 4. The number of esters is 1. The van der Waals surface area contributed by atoms with Gasteiger partial charge in [0.05, 0.1) is 13.7 Å². The number of aliphatic hydroxyl groups excluding tert-OH is 1. The first-order valence-corrected chi connectivity index (χ1v) is 5.98. The van der Waals surface area contributed by atoms with E-state index in [1.165, 1.54) is 13.2 Å². The van der Waals surface area contributed by atoms with Crippen molar-refractivity contribution in [1.29, 1.82) is 0 Å². The first kappa shape index (κ1) is 15.9. The maximum Gasteiger partial charge on any atom is 0.333 e. The predicted molar refractivity (Wildman–Crippen MR) is 68.7 cm³/mol. The summed E-state index contributed by atoms with van der Waals surface area (Å²) < 4.78 is 4.62. The van der Waals surface area contributed by atoms with E-state index in [1.807, 2.05) is 19.9 Å². The third-order valence-corrected chi connectivity index (χ3v) is 2.44. The highest BCUT2D eigenvalue weighted by atomic mass is 16.5. The van der Waals surface area contributed by atoms with E-state index in [0.717, 1.165) is 18.4 Å². The van der Waals surface area contributed by atoms with Crippen LogP contribution in [0.25, 0.3) is 0 Å². The van der Waals surface area contributed by atoms with E-state index in [4.69, 9.17) is 5.11 Å². The first-order chi connectivity index (χ1) is 8.22. The zero-order chi connectivity index (χ0) is 13.3. The van der Waals surface area contributed by atoms with Crippen molar-refractivity contribution in [1.82, 2.24) is 5.32 Å². The Kier molecular flexibility index (Phi) is 8.36. The molecule has 1 saturated heterocycles. The number of methoxy groups -OCH3 is 1. The molecule has 2 N–H and O–H groups in total. The van der Waals surface area contributed by atoms with Gasteiger partial charge in [0.2, 0.25) is 0 Å². The Morgan fingerprint density at radius 3 is 2.65 bits per heavy atom. The molecule has 2 aliphatic rings. The number of carbonyl (C=O) groups excluding carboxylic acids is 1. The van der Waals surface area contributed by atoms with Crippen molar-refractivity contribution in [3.8, 4) is 0 Å². The third kappa shape index (κ3) is 5.65. The molecule has 0 aromatic heterocycles. The second-order valence-corrected chi connectivity index (χ2v) is 3.51. The van der Waals surface area contributed by atoms with Gasteiger partial charge in [0.25, 0.3) is 0 Å². The van der Waals surface area contributed by atoms with Crippen LogP contribution in [-0.2, 0) is 9.53 Å². The summed E-state index contributed by atoms with van der Waals surface area (Å²) in [6.45, 7) is 7.31. The van der Waals surface area contributed by atoms with Crippen molar-refractivity contribution in [3.63, 3.8) is 0 Å². The van der Waals surface area contributed by atoms with Gasteiger partial charge in [0.1, 0.15) is 0 Å². The quantitative estimate of drug-likeness (QED) is 0.436. The fourth-order valence-electron chi connectivity index (χ4n) is 1.54. The van der Waals surface area contributed by atoms with Crippen LogP contribution in [0.2, 0.25) is 0 Å². The molecule has 0 aromatic rings. The van der Waals surface area contributed by atoms with Crippen LogP contribution in [0, 0.1) is 0 Å². The molecule has 0 amide bonds. The maximum atomic E-state index is 11.0. The minimum Gasteiger partial charge on any atom is -0.466 e. The van der Waals surface area contributed by atoms with Gasteiger partial charge < -0.3 is 15.2 Å². The summed E-state index contributed by atoms with van der Waals surface area (Å²) in [5, 5.41) is 11.0. The number of fused-ring (bicyclic) bond motifs is 1. The Labute approximate surface area is 103 Å². The molecular weight excluding hydrogens is 218 g/mol. The Hall–Kier alpha value is -1.13. The van der Waals surface area contributed by atoms with E-state index in [9.17, 15) is 4.79 Å². The van der Waals surface area contributed by atoms with E-state index in [2.05, 4.69) is 16.6 Å². The number of rotatable bonds is 2. The Bertz CT molecular complexity index is 274. The van der Waals surface area contributed by atoms with E-state index in [-0.39, 0.29) is 12.6 Å². The second-order valence-electron chi connectivity index (χ2n) is 3.51. The van der Waals surface area contributed by atoms with E-state index < -0.39 is 0 Å². The van der Waals surface area contributed by atoms with E-state index in [0.29, 0.717) is 12.1 Å². The molecule has 4 heteroatoms. The van der Waals surface area contributed by atoms with Crippen LogP contribution in [0.3, 0.4) is 0 Å². The van der Waals surface area contributed by atoms with Crippen LogP contribution in [0.4, 0.5) is 0 Å². The molecule has 0 bridgehead atoms. The maximum absolute atomic E-state index is 11.0. The monoisotopic (exact) mass is 241 g/mol. The van der Waals surface area contributed by atoms with Crippen LogP contribution in [0.15, 0.2) is 24.3 Å². The largest absolute Gasteiger partial charge is 0.466 e. The zero-order valence-electron chi connectivity index (χ0n) is 10.9. The highest BCUT2D eigenvalue weighted by Gasteiger charge is 2.39. The topological polar surface area (TPSA) is 68.5 Å². The van der Waals surface area contributed by atoms with Crippen molar-refractivity contribution in [3.05, 3.63) is 24.3 Å².